The number of halogens is 1. The van der Waals surface area contributed by atoms with Gasteiger partial charge in [0.05, 0.1) is 10.5 Å². The number of anilines is 1. The molecule has 0 saturated carbocycles. The molecule has 0 unspecified atom stereocenters. The maximum atomic E-state index is 12.8. The smallest absolute Gasteiger partial charge is 0.266 e. The van der Waals surface area contributed by atoms with Gasteiger partial charge in [-0.05, 0) is 61.4 Å². The number of thiophene rings is 1. The van der Waals surface area contributed by atoms with Gasteiger partial charge >= 0.3 is 0 Å². The fourth-order valence-corrected chi connectivity index (χ4v) is 6.98. The molecule has 3 amide bonds. The van der Waals surface area contributed by atoms with Gasteiger partial charge in [0.15, 0.2) is 0 Å². The van der Waals surface area contributed by atoms with E-state index >= 15 is 0 Å². The molecule has 33 heavy (non-hydrogen) atoms. The van der Waals surface area contributed by atoms with Crippen LogP contribution in [0.5, 0.6) is 0 Å². The number of benzene rings is 1. The summed E-state index contributed by atoms with van der Waals surface area (Å²) in [5, 5.41) is 3.41. The van der Waals surface area contributed by atoms with Crippen molar-refractivity contribution >= 4 is 84.4 Å². The lowest BCUT2D eigenvalue weighted by Gasteiger charge is -2.14. The second-order valence-corrected chi connectivity index (χ2v) is 11.5. The van der Waals surface area contributed by atoms with Gasteiger partial charge in [0.2, 0.25) is 5.91 Å². The SMILES string of the molecule is NC(=O)c1c(NC(=O)CCCN2C(=O)C(=Cc3cccc(Br)c3)SC2=S)sc2c1CCCC2. The summed E-state index contributed by atoms with van der Waals surface area (Å²) in [4.78, 5) is 40.6. The Balaban J connectivity index is 1.35. The summed E-state index contributed by atoms with van der Waals surface area (Å²) in [6, 6.07) is 7.68. The molecule has 172 valence electrons. The fraction of sp³-hybridized carbons (Fsp3) is 0.304. The maximum Gasteiger partial charge on any atom is 0.266 e. The molecule has 1 aliphatic carbocycles. The van der Waals surface area contributed by atoms with Gasteiger partial charge in [0.1, 0.15) is 9.32 Å². The molecule has 2 heterocycles. The fourth-order valence-electron chi connectivity index (χ4n) is 3.94. The third-order valence-electron chi connectivity index (χ3n) is 5.48. The van der Waals surface area contributed by atoms with Crippen LogP contribution in [-0.2, 0) is 22.4 Å². The second kappa shape index (κ2) is 10.5. The molecule has 1 fully saturated rings. The Kier molecular flexibility index (Phi) is 7.68. The Hall–Kier alpha value is -2.01. The van der Waals surface area contributed by atoms with Gasteiger partial charge in [-0.25, -0.2) is 0 Å². The zero-order valence-corrected chi connectivity index (χ0v) is 21.7. The maximum absolute atomic E-state index is 12.8. The first-order valence-corrected chi connectivity index (χ1v) is 13.4. The molecule has 2 aliphatic rings. The van der Waals surface area contributed by atoms with Crippen molar-refractivity contribution in [3.63, 3.8) is 0 Å². The molecule has 3 N–H and O–H groups in total. The first-order valence-electron chi connectivity index (χ1n) is 10.6. The third kappa shape index (κ3) is 5.56. The highest BCUT2D eigenvalue weighted by atomic mass is 79.9. The van der Waals surface area contributed by atoms with Crippen LogP contribution < -0.4 is 11.1 Å². The van der Waals surface area contributed by atoms with Gasteiger partial charge in [0.25, 0.3) is 11.8 Å². The molecule has 0 bridgehead atoms. The van der Waals surface area contributed by atoms with E-state index in [-0.39, 0.29) is 18.2 Å². The van der Waals surface area contributed by atoms with Crippen LogP contribution in [0, 0.1) is 0 Å². The number of hydrogen-bond donors (Lipinski definition) is 2. The Morgan fingerprint density at radius 1 is 1.27 bits per heavy atom. The number of nitrogens with one attached hydrogen (secondary N) is 1. The highest BCUT2D eigenvalue weighted by Crippen LogP contribution is 2.38. The second-order valence-electron chi connectivity index (χ2n) is 7.82. The minimum atomic E-state index is -0.500. The average Bonchev–Trinajstić information content (AvgIpc) is 3.25. The number of nitrogens with two attached hydrogens (primary N) is 1. The summed E-state index contributed by atoms with van der Waals surface area (Å²) < 4.78 is 1.42. The van der Waals surface area contributed by atoms with Gasteiger partial charge in [-0.1, -0.05) is 52.0 Å². The first-order chi connectivity index (χ1) is 15.8. The number of thiocarbonyl (C=S) groups is 1. The van der Waals surface area contributed by atoms with E-state index in [0.717, 1.165) is 46.2 Å². The topological polar surface area (TPSA) is 92.5 Å². The van der Waals surface area contributed by atoms with Crippen molar-refractivity contribution in [1.29, 1.82) is 0 Å². The molecule has 6 nitrogen and oxygen atoms in total. The summed E-state index contributed by atoms with van der Waals surface area (Å²) in [6.45, 7) is 0.359. The van der Waals surface area contributed by atoms with E-state index in [0.29, 0.717) is 32.8 Å². The summed E-state index contributed by atoms with van der Waals surface area (Å²) in [5.41, 5.74) is 7.95. The minimum Gasteiger partial charge on any atom is -0.365 e. The lowest BCUT2D eigenvalue weighted by molar-refractivity contribution is -0.122. The molecule has 1 saturated heterocycles. The van der Waals surface area contributed by atoms with E-state index in [9.17, 15) is 14.4 Å². The lowest BCUT2D eigenvalue weighted by atomic mass is 9.95. The molecule has 1 aromatic heterocycles. The zero-order chi connectivity index (χ0) is 23.5. The summed E-state index contributed by atoms with van der Waals surface area (Å²) in [6.07, 6.45) is 6.33. The Labute approximate surface area is 214 Å². The monoisotopic (exact) mass is 563 g/mol. The summed E-state index contributed by atoms with van der Waals surface area (Å²) in [7, 11) is 0. The number of primary amides is 1. The van der Waals surface area contributed by atoms with Crippen molar-refractivity contribution in [3.05, 3.63) is 55.2 Å². The van der Waals surface area contributed by atoms with E-state index in [2.05, 4.69) is 21.2 Å². The number of thioether (sulfide) groups is 1. The Bertz CT molecular complexity index is 1170. The van der Waals surface area contributed by atoms with Crippen LogP contribution in [-0.4, -0.2) is 33.5 Å². The molecule has 10 heteroatoms. The molecule has 0 atom stereocenters. The molecule has 0 radical (unpaired) electrons. The van der Waals surface area contributed by atoms with Crippen LogP contribution in [0.3, 0.4) is 0 Å². The van der Waals surface area contributed by atoms with Crippen LogP contribution >= 0.6 is 51.2 Å². The molecular weight excluding hydrogens is 542 g/mol. The predicted molar refractivity (Wildman–Crippen MR) is 141 cm³/mol. The van der Waals surface area contributed by atoms with Crippen molar-refractivity contribution in [3.8, 4) is 0 Å². The number of nitrogens with zero attached hydrogens (tertiary/aromatic N) is 1. The average molecular weight is 565 g/mol. The standard InChI is InChI=1S/C23H22BrN3O3S3/c24-14-6-3-5-13(11-14)12-17-22(30)27(23(31)33-17)10-4-9-18(28)26-21-19(20(25)29)15-7-1-2-8-16(15)32-21/h3,5-6,11-12H,1-2,4,7-10H2,(H2,25,29)(H,26,28). The van der Waals surface area contributed by atoms with Crippen LogP contribution in [0.15, 0.2) is 33.6 Å². The van der Waals surface area contributed by atoms with Crippen molar-refractivity contribution in [2.24, 2.45) is 5.73 Å². The summed E-state index contributed by atoms with van der Waals surface area (Å²) >= 11 is 11.5. The predicted octanol–water partition coefficient (Wildman–Crippen LogP) is 5.11. The van der Waals surface area contributed by atoms with Crippen molar-refractivity contribution < 1.29 is 14.4 Å². The molecule has 1 aliphatic heterocycles. The molecule has 1 aromatic carbocycles. The third-order valence-corrected chi connectivity index (χ3v) is 8.55. The number of aryl methyl sites for hydroxylation is 1. The minimum absolute atomic E-state index is 0.146. The largest absolute Gasteiger partial charge is 0.365 e. The highest BCUT2D eigenvalue weighted by molar-refractivity contribution is 9.10. The van der Waals surface area contributed by atoms with E-state index < -0.39 is 5.91 Å². The van der Waals surface area contributed by atoms with E-state index in [1.54, 1.807) is 0 Å². The van der Waals surface area contributed by atoms with Gasteiger partial charge in [0, 0.05) is 22.3 Å². The normalized spacial score (nSPS) is 16.9. The number of rotatable bonds is 7. The Morgan fingerprint density at radius 3 is 2.82 bits per heavy atom. The van der Waals surface area contributed by atoms with Crippen LogP contribution in [0.1, 0.15) is 52.0 Å². The van der Waals surface area contributed by atoms with Gasteiger partial charge in [-0.3, -0.25) is 19.3 Å². The number of fused-ring (bicyclic) bond motifs is 1. The van der Waals surface area contributed by atoms with Gasteiger partial charge < -0.3 is 11.1 Å². The van der Waals surface area contributed by atoms with E-state index in [1.807, 2.05) is 30.3 Å². The van der Waals surface area contributed by atoms with Crippen molar-refractivity contribution in [2.45, 2.75) is 38.5 Å². The van der Waals surface area contributed by atoms with E-state index in [4.69, 9.17) is 18.0 Å². The number of carbonyl (C=O) groups excluding carboxylic acids is 3. The van der Waals surface area contributed by atoms with Crippen molar-refractivity contribution in [2.75, 3.05) is 11.9 Å². The number of carbonyl (C=O) groups is 3. The Morgan fingerprint density at radius 2 is 2.06 bits per heavy atom. The summed E-state index contributed by atoms with van der Waals surface area (Å²) in [5.74, 6) is -0.849. The van der Waals surface area contributed by atoms with Gasteiger partial charge in [-0.15, -0.1) is 11.3 Å². The molecular formula is C23H22BrN3O3S3. The highest BCUT2D eigenvalue weighted by Gasteiger charge is 2.32. The molecule has 2 aromatic rings. The lowest BCUT2D eigenvalue weighted by Crippen LogP contribution is -2.29. The van der Waals surface area contributed by atoms with E-state index in [1.165, 1.54) is 28.0 Å². The van der Waals surface area contributed by atoms with Crippen LogP contribution in [0.25, 0.3) is 6.08 Å². The number of amides is 3. The number of hydrogen-bond acceptors (Lipinski definition) is 6. The van der Waals surface area contributed by atoms with Gasteiger partial charge in [-0.2, -0.15) is 0 Å². The molecule has 0 spiro atoms. The molecule has 4 rings (SSSR count). The van der Waals surface area contributed by atoms with Crippen LogP contribution in [0.4, 0.5) is 5.00 Å². The zero-order valence-electron chi connectivity index (χ0n) is 17.7. The quantitative estimate of drug-likeness (QED) is 0.360. The first kappa shape index (κ1) is 24.1. The van der Waals surface area contributed by atoms with Crippen LogP contribution in [0.2, 0.25) is 0 Å². The van der Waals surface area contributed by atoms with Crippen molar-refractivity contribution in [1.82, 2.24) is 4.90 Å².